The summed E-state index contributed by atoms with van der Waals surface area (Å²) in [6.45, 7) is 6.83. The van der Waals surface area contributed by atoms with Gasteiger partial charge in [0.15, 0.2) is 5.82 Å². The maximum Gasteiger partial charge on any atom is 0.234 e. The molecule has 16 heavy (non-hydrogen) atoms. The highest BCUT2D eigenvalue weighted by Crippen LogP contribution is 2.24. The number of carbonyl (C=O) groups is 1. The zero-order valence-electron chi connectivity index (χ0n) is 9.77. The number of hydrogen-bond acceptors (Lipinski definition) is 5. The number of nitrogens with zero attached hydrogens (tertiary/aromatic N) is 3. The molecule has 1 aliphatic rings. The second-order valence-corrected chi connectivity index (χ2v) is 4.30. The smallest absolute Gasteiger partial charge is 0.234 e. The van der Waals surface area contributed by atoms with Crippen LogP contribution in [-0.4, -0.2) is 40.5 Å². The van der Waals surface area contributed by atoms with Crippen LogP contribution in [0.5, 0.6) is 0 Å². The number of likely N-dealkylation sites (N-methyl/N-ethyl adjacent to an activating group) is 1. The molecule has 0 amide bonds. The van der Waals surface area contributed by atoms with Gasteiger partial charge in [-0.3, -0.25) is 4.79 Å². The molecule has 0 radical (unpaired) electrons. The number of carbonyl (C=O) groups excluding carboxylic acids is 1. The van der Waals surface area contributed by atoms with Crippen LogP contribution in [0.2, 0.25) is 0 Å². The number of hydrogen-bond donors (Lipinski definition) is 0. The summed E-state index contributed by atoms with van der Waals surface area (Å²) in [5.74, 6) is 1.62. The lowest BCUT2D eigenvalue weighted by Gasteiger charge is -2.10. The van der Waals surface area contributed by atoms with E-state index in [9.17, 15) is 4.79 Å². The molecule has 2 rings (SSSR count). The van der Waals surface area contributed by atoms with Crippen LogP contribution in [0.1, 0.15) is 37.9 Å². The van der Waals surface area contributed by atoms with E-state index >= 15 is 0 Å². The van der Waals surface area contributed by atoms with Crippen molar-refractivity contribution in [3.8, 4) is 0 Å². The van der Waals surface area contributed by atoms with Crippen LogP contribution in [0.15, 0.2) is 4.52 Å². The first kappa shape index (κ1) is 11.3. The number of rotatable bonds is 4. The van der Waals surface area contributed by atoms with E-state index in [1.54, 1.807) is 0 Å². The fraction of sp³-hybridized carbons (Fsp3) is 0.727. The fourth-order valence-electron chi connectivity index (χ4n) is 2.05. The standard InChI is InChI=1S/C11H17N3O2/c1-3-14-5-4-9(7-14)11-12-10(16-13-11)6-8(2)15/h9H,3-7H2,1-2H3. The van der Waals surface area contributed by atoms with Crippen molar-refractivity contribution in [2.75, 3.05) is 19.6 Å². The van der Waals surface area contributed by atoms with E-state index < -0.39 is 0 Å². The summed E-state index contributed by atoms with van der Waals surface area (Å²) in [5.41, 5.74) is 0. The predicted molar refractivity (Wildman–Crippen MR) is 58.2 cm³/mol. The lowest BCUT2D eigenvalue weighted by Crippen LogP contribution is -2.19. The van der Waals surface area contributed by atoms with E-state index in [-0.39, 0.29) is 12.2 Å². The topological polar surface area (TPSA) is 59.2 Å². The first-order chi connectivity index (χ1) is 7.69. The molecule has 5 heteroatoms. The van der Waals surface area contributed by atoms with Crippen LogP contribution in [0.4, 0.5) is 0 Å². The molecule has 2 heterocycles. The summed E-state index contributed by atoms with van der Waals surface area (Å²) in [6, 6.07) is 0. The molecule has 0 aliphatic carbocycles. The number of aromatic nitrogens is 2. The minimum Gasteiger partial charge on any atom is -0.339 e. The average molecular weight is 223 g/mol. The largest absolute Gasteiger partial charge is 0.339 e. The van der Waals surface area contributed by atoms with Crippen LogP contribution in [0, 0.1) is 0 Å². The average Bonchev–Trinajstić information content (AvgIpc) is 2.83. The van der Waals surface area contributed by atoms with Gasteiger partial charge in [0.2, 0.25) is 5.89 Å². The van der Waals surface area contributed by atoms with Crippen molar-refractivity contribution >= 4 is 5.78 Å². The van der Waals surface area contributed by atoms with Gasteiger partial charge in [-0.1, -0.05) is 12.1 Å². The molecule has 1 aromatic heterocycles. The first-order valence-electron chi connectivity index (χ1n) is 5.73. The van der Waals surface area contributed by atoms with Crippen molar-refractivity contribution in [1.29, 1.82) is 0 Å². The van der Waals surface area contributed by atoms with Crippen molar-refractivity contribution < 1.29 is 9.32 Å². The lowest BCUT2D eigenvalue weighted by molar-refractivity contribution is -0.116. The Morgan fingerprint density at radius 2 is 2.44 bits per heavy atom. The highest BCUT2D eigenvalue weighted by atomic mass is 16.5. The minimum absolute atomic E-state index is 0.0526. The molecule has 0 saturated carbocycles. The zero-order valence-corrected chi connectivity index (χ0v) is 9.77. The third kappa shape index (κ3) is 2.47. The maximum atomic E-state index is 10.9. The number of likely N-dealkylation sites (tertiary alicyclic amines) is 1. The molecule has 1 aliphatic heterocycles. The first-order valence-corrected chi connectivity index (χ1v) is 5.73. The van der Waals surface area contributed by atoms with Crippen molar-refractivity contribution in [3.63, 3.8) is 0 Å². The molecular formula is C11H17N3O2. The van der Waals surface area contributed by atoms with E-state index in [0.717, 1.165) is 31.9 Å². The van der Waals surface area contributed by atoms with E-state index in [4.69, 9.17) is 4.52 Å². The van der Waals surface area contributed by atoms with E-state index in [1.807, 2.05) is 0 Å². The third-order valence-electron chi connectivity index (χ3n) is 2.97. The molecule has 0 aromatic carbocycles. The predicted octanol–water partition coefficient (Wildman–Crippen LogP) is 1.01. The van der Waals surface area contributed by atoms with Gasteiger partial charge in [0.05, 0.1) is 6.42 Å². The summed E-state index contributed by atoms with van der Waals surface area (Å²) >= 11 is 0. The Hall–Kier alpha value is -1.23. The fourth-order valence-corrected chi connectivity index (χ4v) is 2.05. The second-order valence-electron chi connectivity index (χ2n) is 4.30. The van der Waals surface area contributed by atoms with Crippen molar-refractivity contribution in [2.45, 2.75) is 32.6 Å². The SMILES string of the molecule is CCN1CCC(c2noc(CC(C)=O)n2)C1. The Bertz CT molecular complexity index is 375. The molecular weight excluding hydrogens is 206 g/mol. The maximum absolute atomic E-state index is 10.9. The quantitative estimate of drug-likeness (QED) is 0.762. The number of ketones is 1. The van der Waals surface area contributed by atoms with Crippen LogP contribution in [-0.2, 0) is 11.2 Å². The summed E-state index contributed by atoms with van der Waals surface area (Å²) < 4.78 is 5.06. The van der Waals surface area contributed by atoms with E-state index in [0.29, 0.717) is 11.8 Å². The molecule has 0 bridgehead atoms. The van der Waals surface area contributed by atoms with Gasteiger partial charge in [-0.25, -0.2) is 0 Å². The number of Topliss-reactive ketones (excluding diaryl/α,β-unsaturated/α-hetero) is 1. The van der Waals surface area contributed by atoms with E-state index in [1.165, 1.54) is 6.92 Å². The Balaban J connectivity index is 1.99. The molecule has 1 saturated heterocycles. The van der Waals surface area contributed by atoms with Crippen LogP contribution >= 0.6 is 0 Å². The van der Waals surface area contributed by atoms with Gasteiger partial charge < -0.3 is 9.42 Å². The molecule has 1 atom stereocenters. The summed E-state index contributed by atoms with van der Waals surface area (Å²) in [5, 5.41) is 3.95. The molecule has 0 N–H and O–H groups in total. The van der Waals surface area contributed by atoms with Gasteiger partial charge in [0, 0.05) is 12.5 Å². The van der Waals surface area contributed by atoms with E-state index in [2.05, 4.69) is 22.0 Å². The van der Waals surface area contributed by atoms with Crippen LogP contribution in [0.25, 0.3) is 0 Å². The summed E-state index contributed by atoms with van der Waals surface area (Å²) in [6.07, 6.45) is 1.32. The highest BCUT2D eigenvalue weighted by Gasteiger charge is 2.26. The molecule has 1 fully saturated rings. The zero-order chi connectivity index (χ0) is 11.5. The molecule has 1 unspecified atom stereocenters. The van der Waals surface area contributed by atoms with Gasteiger partial charge in [-0.2, -0.15) is 4.98 Å². The van der Waals surface area contributed by atoms with Gasteiger partial charge in [0.1, 0.15) is 5.78 Å². The Kier molecular flexibility index (Phi) is 3.33. The van der Waals surface area contributed by atoms with Gasteiger partial charge >= 0.3 is 0 Å². The Labute approximate surface area is 94.8 Å². The van der Waals surface area contributed by atoms with Crippen molar-refractivity contribution in [3.05, 3.63) is 11.7 Å². The molecule has 0 spiro atoms. The van der Waals surface area contributed by atoms with Gasteiger partial charge in [0.25, 0.3) is 0 Å². The van der Waals surface area contributed by atoms with Crippen molar-refractivity contribution in [1.82, 2.24) is 15.0 Å². The molecule has 1 aromatic rings. The Morgan fingerprint density at radius 3 is 3.06 bits per heavy atom. The Morgan fingerprint density at radius 1 is 1.62 bits per heavy atom. The second kappa shape index (κ2) is 4.74. The lowest BCUT2D eigenvalue weighted by atomic mass is 10.1. The van der Waals surface area contributed by atoms with Crippen molar-refractivity contribution in [2.24, 2.45) is 0 Å². The minimum atomic E-state index is 0.0526. The monoisotopic (exact) mass is 223 g/mol. The normalized spacial score (nSPS) is 21.5. The third-order valence-corrected chi connectivity index (χ3v) is 2.97. The van der Waals surface area contributed by atoms with Gasteiger partial charge in [-0.15, -0.1) is 0 Å². The summed E-state index contributed by atoms with van der Waals surface area (Å²) in [4.78, 5) is 17.5. The van der Waals surface area contributed by atoms with Crippen LogP contribution in [0.3, 0.4) is 0 Å². The highest BCUT2D eigenvalue weighted by molar-refractivity contribution is 5.77. The van der Waals surface area contributed by atoms with Gasteiger partial charge in [-0.05, 0) is 26.4 Å². The molecule has 88 valence electrons. The summed E-state index contributed by atoms with van der Waals surface area (Å²) in [7, 11) is 0. The molecule has 5 nitrogen and oxygen atoms in total. The van der Waals surface area contributed by atoms with Crippen LogP contribution < -0.4 is 0 Å².